The van der Waals surface area contributed by atoms with Crippen molar-refractivity contribution in [2.45, 2.75) is 33.2 Å². The van der Waals surface area contributed by atoms with Crippen LogP contribution in [0.1, 0.15) is 31.7 Å². The first-order valence-electron chi connectivity index (χ1n) is 7.80. The lowest BCUT2D eigenvalue weighted by Crippen LogP contribution is -2.15. The van der Waals surface area contributed by atoms with Crippen LogP contribution in [0, 0.1) is 0 Å². The topological polar surface area (TPSA) is 58.9 Å². The third-order valence-corrected chi connectivity index (χ3v) is 3.54. The molecule has 0 fully saturated rings. The first-order valence-corrected chi connectivity index (χ1v) is 7.80. The van der Waals surface area contributed by atoms with Crippen molar-refractivity contribution < 1.29 is 0 Å². The maximum Gasteiger partial charge on any atom is 0.176 e. The van der Waals surface area contributed by atoms with Gasteiger partial charge in [-0.3, -0.25) is 4.99 Å². The van der Waals surface area contributed by atoms with E-state index in [1.807, 2.05) is 31.5 Å². The average Bonchev–Trinajstić information content (AvgIpc) is 2.96. The molecule has 2 aromatic heterocycles. The van der Waals surface area contributed by atoms with Crippen LogP contribution in [0.5, 0.6) is 0 Å². The Balaban J connectivity index is 0.00000192. The first-order chi connectivity index (χ1) is 10.8. The number of aryl methyl sites for hydroxylation is 1. The van der Waals surface area contributed by atoms with Gasteiger partial charge in [0.1, 0.15) is 11.3 Å². The molecule has 0 spiro atoms. The number of halogens is 1. The molecular weight excluding hydrogens is 310 g/mol. The fourth-order valence-electron chi connectivity index (χ4n) is 2.54. The van der Waals surface area contributed by atoms with Gasteiger partial charge in [0, 0.05) is 13.0 Å². The Hall–Kier alpha value is -2.14. The maximum atomic E-state index is 4.75. The molecule has 0 radical (unpaired) electrons. The second-order valence-electron chi connectivity index (χ2n) is 5.29. The standard InChI is InChI=1S/C17H21N5.ClH/c1-3-8-14-20-15-16(18-4-2)19-12-22(17(15)21-14)11-13-9-6-5-7-10-13;/h5-7,9-10,12H,3-4,8,11H2,1-2H3,(H,20,21);1H. The van der Waals surface area contributed by atoms with Gasteiger partial charge in [0.05, 0.1) is 12.9 Å². The fourth-order valence-corrected chi connectivity index (χ4v) is 2.54. The molecule has 0 saturated carbocycles. The molecule has 0 amide bonds. The van der Waals surface area contributed by atoms with Gasteiger partial charge in [-0.1, -0.05) is 37.3 Å². The highest BCUT2D eigenvalue weighted by Gasteiger charge is 2.09. The quantitative estimate of drug-likeness (QED) is 0.781. The maximum absolute atomic E-state index is 4.75. The molecule has 0 unspecified atom stereocenters. The number of hydrogen-bond acceptors (Lipinski definition) is 3. The van der Waals surface area contributed by atoms with Gasteiger partial charge in [0.2, 0.25) is 0 Å². The van der Waals surface area contributed by atoms with E-state index >= 15 is 0 Å². The molecule has 23 heavy (non-hydrogen) atoms. The number of fused-ring (bicyclic) bond motifs is 1. The highest BCUT2D eigenvalue weighted by molar-refractivity contribution is 5.85. The number of nitrogens with one attached hydrogen (secondary N) is 1. The summed E-state index contributed by atoms with van der Waals surface area (Å²) in [5, 5.41) is 0. The minimum Gasteiger partial charge on any atom is -0.338 e. The van der Waals surface area contributed by atoms with Crippen molar-refractivity contribution in [2.24, 2.45) is 4.99 Å². The molecule has 0 atom stereocenters. The van der Waals surface area contributed by atoms with E-state index in [1.54, 1.807) is 0 Å². The molecule has 5 nitrogen and oxygen atoms in total. The van der Waals surface area contributed by atoms with Crippen LogP contribution in [-0.4, -0.2) is 26.1 Å². The van der Waals surface area contributed by atoms with Gasteiger partial charge in [-0.05, 0) is 18.9 Å². The van der Waals surface area contributed by atoms with Gasteiger partial charge in [-0.15, -0.1) is 12.4 Å². The zero-order valence-electron chi connectivity index (χ0n) is 13.5. The van der Waals surface area contributed by atoms with Crippen molar-refractivity contribution in [3.63, 3.8) is 0 Å². The van der Waals surface area contributed by atoms with E-state index in [-0.39, 0.29) is 12.4 Å². The molecule has 1 aromatic carbocycles. The van der Waals surface area contributed by atoms with Crippen LogP contribution >= 0.6 is 12.4 Å². The van der Waals surface area contributed by atoms with Gasteiger partial charge in [0.15, 0.2) is 11.1 Å². The Morgan fingerprint density at radius 1 is 1.17 bits per heavy atom. The Bertz CT molecular complexity index is 820. The lowest BCUT2D eigenvalue weighted by atomic mass is 10.2. The van der Waals surface area contributed by atoms with E-state index in [0.717, 1.165) is 41.9 Å². The summed E-state index contributed by atoms with van der Waals surface area (Å²) >= 11 is 0. The van der Waals surface area contributed by atoms with E-state index in [0.29, 0.717) is 6.54 Å². The second-order valence-corrected chi connectivity index (χ2v) is 5.29. The van der Waals surface area contributed by atoms with E-state index in [9.17, 15) is 0 Å². The summed E-state index contributed by atoms with van der Waals surface area (Å²) in [4.78, 5) is 17.1. The minimum atomic E-state index is 0. The highest BCUT2D eigenvalue weighted by atomic mass is 35.5. The van der Waals surface area contributed by atoms with Gasteiger partial charge >= 0.3 is 0 Å². The summed E-state index contributed by atoms with van der Waals surface area (Å²) in [6, 6.07) is 10.4. The molecule has 2 heterocycles. The molecule has 3 rings (SSSR count). The lowest BCUT2D eigenvalue weighted by Gasteiger charge is -2.07. The van der Waals surface area contributed by atoms with E-state index in [2.05, 4.69) is 38.6 Å². The van der Waals surface area contributed by atoms with Crippen LogP contribution in [0.15, 0.2) is 41.7 Å². The average molecular weight is 332 g/mol. The van der Waals surface area contributed by atoms with Crippen LogP contribution in [0.3, 0.4) is 0 Å². The molecule has 0 saturated heterocycles. The Labute approximate surface area is 141 Å². The molecule has 0 bridgehead atoms. The normalized spacial score (nSPS) is 11.7. The second kappa shape index (κ2) is 7.92. The Kier molecular flexibility index (Phi) is 5.93. The third kappa shape index (κ3) is 3.79. The molecule has 1 N–H and O–H groups in total. The lowest BCUT2D eigenvalue weighted by molar-refractivity contribution is 0.780. The summed E-state index contributed by atoms with van der Waals surface area (Å²) in [7, 11) is 0. The number of nitrogens with zero attached hydrogens (tertiary/aromatic N) is 4. The third-order valence-electron chi connectivity index (χ3n) is 3.54. The van der Waals surface area contributed by atoms with E-state index in [4.69, 9.17) is 4.98 Å². The summed E-state index contributed by atoms with van der Waals surface area (Å²) in [5.74, 6) is 1.000. The largest absolute Gasteiger partial charge is 0.338 e. The summed E-state index contributed by atoms with van der Waals surface area (Å²) < 4.78 is 2.08. The molecular formula is C17H22ClN5. The molecule has 0 aliphatic heterocycles. The molecule has 6 heteroatoms. The minimum absolute atomic E-state index is 0. The van der Waals surface area contributed by atoms with Crippen molar-refractivity contribution in [1.82, 2.24) is 19.5 Å². The number of hydrogen-bond donors (Lipinski definition) is 1. The van der Waals surface area contributed by atoms with Crippen molar-refractivity contribution in [2.75, 3.05) is 6.54 Å². The number of aromatic amines is 1. The zero-order chi connectivity index (χ0) is 15.4. The number of imidazole rings is 1. The van der Waals surface area contributed by atoms with Crippen LogP contribution in [0.4, 0.5) is 0 Å². The summed E-state index contributed by atoms with van der Waals surface area (Å²) in [5.41, 5.74) is 3.84. The molecule has 0 aliphatic rings. The number of aromatic nitrogens is 4. The van der Waals surface area contributed by atoms with Crippen LogP contribution < -0.4 is 5.49 Å². The van der Waals surface area contributed by atoms with Crippen LogP contribution in [0.2, 0.25) is 0 Å². The number of H-pyrrole nitrogens is 1. The van der Waals surface area contributed by atoms with Gasteiger partial charge in [0.25, 0.3) is 0 Å². The molecule has 0 aliphatic carbocycles. The number of rotatable bonds is 5. The predicted octanol–water partition coefficient (Wildman–Crippen LogP) is 3.10. The van der Waals surface area contributed by atoms with Crippen molar-refractivity contribution in [3.8, 4) is 0 Å². The van der Waals surface area contributed by atoms with Crippen molar-refractivity contribution >= 4 is 23.6 Å². The monoisotopic (exact) mass is 331 g/mol. The van der Waals surface area contributed by atoms with Crippen molar-refractivity contribution in [1.29, 1.82) is 0 Å². The SMILES string of the molecule is CCCc1nc2c([nH]1)c(=NCC)ncn2Cc1ccccc1.Cl. The van der Waals surface area contributed by atoms with Gasteiger partial charge in [-0.25, -0.2) is 9.97 Å². The van der Waals surface area contributed by atoms with Gasteiger partial charge in [-0.2, -0.15) is 0 Å². The summed E-state index contributed by atoms with van der Waals surface area (Å²) in [6.07, 6.45) is 3.83. The fraction of sp³-hybridized carbons (Fsp3) is 0.353. The summed E-state index contributed by atoms with van der Waals surface area (Å²) in [6.45, 7) is 5.64. The smallest absolute Gasteiger partial charge is 0.176 e. The molecule has 122 valence electrons. The van der Waals surface area contributed by atoms with Crippen LogP contribution in [-0.2, 0) is 13.0 Å². The van der Waals surface area contributed by atoms with Crippen molar-refractivity contribution in [3.05, 3.63) is 53.5 Å². The zero-order valence-corrected chi connectivity index (χ0v) is 14.3. The first kappa shape index (κ1) is 17.2. The van der Waals surface area contributed by atoms with Gasteiger partial charge < -0.3 is 9.55 Å². The van der Waals surface area contributed by atoms with E-state index in [1.165, 1.54) is 5.56 Å². The number of benzene rings is 1. The highest BCUT2D eigenvalue weighted by Crippen LogP contribution is 2.11. The van der Waals surface area contributed by atoms with E-state index < -0.39 is 0 Å². The van der Waals surface area contributed by atoms with Crippen LogP contribution in [0.25, 0.3) is 11.2 Å². The Morgan fingerprint density at radius 2 is 1.96 bits per heavy atom. The molecule has 3 aromatic rings. The predicted molar refractivity (Wildman–Crippen MR) is 94.8 cm³/mol. The Morgan fingerprint density at radius 3 is 2.65 bits per heavy atom.